The summed E-state index contributed by atoms with van der Waals surface area (Å²) in [5.74, 6) is 0. The maximum Gasteiger partial charge on any atom is 0.331 e. The molecule has 134 valence electrons. The fourth-order valence-electron chi connectivity index (χ4n) is 3.23. The number of aryl methyl sites for hydroxylation is 1. The number of fused-ring (bicyclic) bond motifs is 1. The Labute approximate surface area is 160 Å². The van der Waals surface area contributed by atoms with Gasteiger partial charge in [0.2, 0.25) is 0 Å². The van der Waals surface area contributed by atoms with Crippen LogP contribution in [-0.4, -0.2) is 14.1 Å². The van der Waals surface area contributed by atoms with Crippen LogP contribution in [0, 0.1) is 0 Å². The van der Waals surface area contributed by atoms with Crippen LogP contribution in [0.25, 0.3) is 33.4 Å². The first-order valence-electron chi connectivity index (χ1n) is 8.39. The van der Waals surface area contributed by atoms with E-state index in [4.69, 9.17) is 11.6 Å². The molecule has 0 aliphatic carbocycles. The summed E-state index contributed by atoms with van der Waals surface area (Å²) in [5.41, 5.74) is 3.05. The molecule has 0 amide bonds. The van der Waals surface area contributed by atoms with Gasteiger partial charge in [-0.05, 0) is 23.8 Å². The number of pyridine rings is 1. The van der Waals surface area contributed by atoms with E-state index >= 15 is 0 Å². The van der Waals surface area contributed by atoms with Crippen molar-refractivity contribution in [2.45, 2.75) is 0 Å². The van der Waals surface area contributed by atoms with Crippen molar-refractivity contribution < 1.29 is 0 Å². The molecule has 0 bridgehead atoms. The second kappa shape index (κ2) is 6.52. The van der Waals surface area contributed by atoms with Crippen LogP contribution in [0.5, 0.6) is 0 Å². The second-order valence-electron chi connectivity index (χ2n) is 6.33. The van der Waals surface area contributed by atoms with Crippen molar-refractivity contribution in [3.8, 4) is 22.4 Å². The molecule has 0 radical (unpaired) electrons. The summed E-state index contributed by atoms with van der Waals surface area (Å²) in [4.78, 5) is 29.8. The standard InChI is InChI=1S/C21H16ClN3O2/c1-24-19-16(13-7-4-3-5-8-13)12-17(14-9-6-10-15(22)11-14)23-18(19)20(26)25(2)21(24)27/h3-12H,1-2H3. The lowest BCUT2D eigenvalue weighted by Crippen LogP contribution is -2.37. The topological polar surface area (TPSA) is 56.9 Å². The Balaban J connectivity index is 2.19. The fourth-order valence-corrected chi connectivity index (χ4v) is 3.42. The van der Waals surface area contributed by atoms with Gasteiger partial charge in [0.25, 0.3) is 5.56 Å². The molecule has 27 heavy (non-hydrogen) atoms. The SMILES string of the molecule is Cn1c(=O)c2nc(-c3cccc(Cl)c3)cc(-c3ccccc3)c2n(C)c1=O. The molecule has 0 saturated heterocycles. The minimum absolute atomic E-state index is 0.246. The van der Waals surface area contributed by atoms with Crippen LogP contribution in [0.1, 0.15) is 0 Å². The van der Waals surface area contributed by atoms with Gasteiger partial charge in [-0.15, -0.1) is 0 Å². The third-order valence-corrected chi connectivity index (χ3v) is 4.85. The molecular weight excluding hydrogens is 362 g/mol. The molecule has 5 nitrogen and oxygen atoms in total. The number of aromatic nitrogens is 3. The molecule has 4 aromatic rings. The molecule has 0 aliphatic rings. The van der Waals surface area contributed by atoms with E-state index in [0.717, 1.165) is 21.3 Å². The van der Waals surface area contributed by atoms with Crippen molar-refractivity contribution in [3.05, 3.63) is 86.5 Å². The molecule has 2 aromatic heterocycles. The normalized spacial score (nSPS) is 11.1. The Hall–Kier alpha value is -3.18. The highest BCUT2D eigenvalue weighted by atomic mass is 35.5. The zero-order valence-corrected chi connectivity index (χ0v) is 15.6. The van der Waals surface area contributed by atoms with E-state index in [1.165, 1.54) is 11.6 Å². The number of nitrogens with zero attached hydrogens (tertiary/aromatic N) is 3. The van der Waals surface area contributed by atoms with E-state index in [1.807, 2.05) is 48.5 Å². The third-order valence-electron chi connectivity index (χ3n) is 4.61. The molecular formula is C21H16ClN3O2. The molecule has 0 saturated carbocycles. The van der Waals surface area contributed by atoms with Gasteiger partial charge in [0.1, 0.15) is 0 Å². The van der Waals surface area contributed by atoms with Crippen LogP contribution in [0.4, 0.5) is 0 Å². The van der Waals surface area contributed by atoms with Gasteiger partial charge in [0.15, 0.2) is 5.52 Å². The lowest BCUT2D eigenvalue weighted by molar-refractivity contribution is 0.711. The van der Waals surface area contributed by atoms with E-state index in [1.54, 1.807) is 19.2 Å². The summed E-state index contributed by atoms with van der Waals surface area (Å²) in [6.07, 6.45) is 0. The van der Waals surface area contributed by atoms with Crippen LogP contribution >= 0.6 is 11.6 Å². The quantitative estimate of drug-likeness (QED) is 0.536. The highest BCUT2D eigenvalue weighted by Gasteiger charge is 2.17. The first-order chi connectivity index (χ1) is 13.0. The molecule has 0 aliphatic heterocycles. The molecule has 6 heteroatoms. The third kappa shape index (κ3) is 2.86. The van der Waals surface area contributed by atoms with Gasteiger partial charge in [-0.2, -0.15) is 0 Å². The summed E-state index contributed by atoms with van der Waals surface area (Å²) in [6.45, 7) is 0. The molecule has 4 rings (SSSR count). The number of hydrogen-bond acceptors (Lipinski definition) is 3. The molecule has 0 unspecified atom stereocenters. The molecule has 2 aromatic carbocycles. The van der Waals surface area contributed by atoms with Gasteiger partial charge in [0, 0.05) is 30.2 Å². The van der Waals surface area contributed by atoms with Gasteiger partial charge >= 0.3 is 5.69 Å². The fraction of sp³-hybridized carbons (Fsp3) is 0.0952. The Morgan fingerprint density at radius 3 is 2.26 bits per heavy atom. The van der Waals surface area contributed by atoms with Crippen LogP contribution < -0.4 is 11.2 Å². The lowest BCUT2D eigenvalue weighted by atomic mass is 10.0. The predicted octanol–water partition coefficient (Wildman–Crippen LogP) is 3.62. The average Bonchev–Trinajstić information content (AvgIpc) is 2.70. The van der Waals surface area contributed by atoms with Gasteiger partial charge < -0.3 is 0 Å². The molecule has 0 fully saturated rings. The second-order valence-corrected chi connectivity index (χ2v) is 6.77. The zero-order valence-electron chi connectivity index (χ0n) is 14.8. The van der Waals surface area contributed by atoms with Crippen LogP contribution in [0.15, 0.2) is 70.3 Å². The summed E-state index contributed by atoms with van der Waals surface area (Å²) in [6, 6.07) is 18.8. The Kier molecular flexibility index (Phi) is 4.16. The Morgan fingerprint density at radius 2 is 1.56 bits per heavy atom. The van der Waals surface area contributed by atoms with E-state index in [2.05, 4.69) is 4.98 Å². The lowest BCUT2D eigenvalue weighted by Gasteiger charge is -2.14. The van der Waals surface area contributed by atoms with Gasteiger partial charge in [0.05, 0.1) is 11.2 Å². The molecule has 0 spiro atoms. The number of halogens is 1. The number of benzene rings is 2. The minimum Gasteiger partial charge on any atom is -0.294 e. The number of rotatable bonds is 2. The van der Waals surface area contributed by atoms with Crippen molar-refractivity contribution in [2.75, 3.05) is 0 Å². The first-order valence-corrected chi connectivity index (χ1v) is 8.77. The monoisotopic (exact) mass is 377 g/mol. The predicted molar refractivity (Wildman–Crippen MR) is 108 cm³/mol. The van der Waals surface area contributed by atoms with Gasteiger partial charge in [-0.3, -0.25) is 13.9 Å². The van der Waals surface area contributed by atoms with Gasteiger partial charge in [-0.25, -0.2) is 9.78 Å². The minimum atomic E-state index is -0.422. The molecule has 0 N–H and O–H groups in total. The summed E-state index contributed by atoms with van der Waals surface area (Å²) in [5, 5.41) is 0.587. The van der Waals surface area contributed by atoms with E-state index in [0.29, 0.717) is 16.2 Å². The van der Waals surface area contributed by atoms with Crippen molar-refractivity contribution in [2.24, 2.45) is 14.1 Å². The Morgan fingerprint density at radius 1 is 0.852 bits per heavy atom. The van der Waals surface area contributed by atoms with E-state index in [9.17, 15) is 9.59 Å². The van der Waals surface area contributed by atoms with Crippen LogP contribution in [-0.2, 0) is 14.1 Å². The Bertz CT molecular complexity index is 1290. The largest absolute Gasteiger partial charge is 0.331 e. The van der Waals surface area contributed by atoms with Crippen LogP contribution in [0.2, 0.25) is 5.02 Å². The van der Waals surface area contributed by atoms with Gasteiger partial charge in [-0.1, -0.05) is 54.1 Å². The molecule has 2 heterocycles. The maximum atomic E-state index is 12.8. The first kappa shape index (κ1) is 17.2. The van der Waals surface area contributed by atoms with Crippen molar-refractivity contribution in [1.82, 2.24) is 14.1 Å². The number of hydrogen-bond donors (Lipinski definition) is 0. The highest BCUT2D eigenvalue weighted by Crippen LogP contribution is 2.31. The van der Waals surface area contributed by atoms with Crippen molar-refractivity contribution in [1.29, 1.82) is 0 Å². The van der Waals surface area contributed by atoms with Crippen LogP contribution in [0.3, 0.4) is 0 Å². The smallest absolute Gasteiger partial charge is 0.294 e. The highest BCUT2D eigenvalue weighted by molar-refractivity contribution is 6.30. The van der Waals surface area contributed by atoms with E-state index < -0.39 is 5.56 Å². The average molecular weight is 378 g/mol. The summed E-state index contributed by atoms with van der Waals surface area (Å²) in [7, 11) is 3.11. The zero-order chi connectivity index (χ0) is 19.1. The summed E-state index contributed by atoms with van der Waals surface area (Å²) < 4.78 is 2.54. The van der Waals surface area contributed by atoms with Crippen molar-refractivity contribution in [3.63, 3.8) is 0 Å². The van der Waals surface area contributed by atoms with E-state index in [-0.39, 0.29) is 11.2 Å². The maximum absolute atomic E-state index is 12.8. The summed E-state index contributed by atoms with van der Waals surface area (Å²) >= 11 is 6.13. The molecule has 0 atom stereocenters. The van der Waals surface area contributed by atoms with Crippen molar-refractivity contribution >= 4 is 22.6 Å².